The molecule has 3 heterocycles. The average Bonchev–Trinajstić information content (AvgIpc) is 2.96. The summed E-state index contributed by atoms with van der Waals surface area (Å²) in [7, 11) is 0. The Bertz CT molecular complexity index is 371. The van der Waals surface area contributed by atoms with Gasteiger partial charge < -0.3 is 0 Å². The van der Waals surface area contributed by atoms with Gasteiger partial charge in [-0.2, -0.15) is 0 Å². The second-order valence-corrected chi connectivity index (χ2v) is 9.45. The van der Waals surface area contributed by atoms with E-state index in [1.807, 2.05) is 0 Å². The molecule has 3 saturated heterocycles. The van der Waals surface area contributed by atoms with Crippen molar-refractivity contribution in [3.63, 3.8) is 0 Å². The van der Waals surface area contributed by atoms with Crippen LogP contribution < -0.4 is 0 Å². The van der Waals surface area contributed by atoms with E-state index >= 15 is 0 Å². The average molecular weight is 293 g/mol. The van der Waals surface area contributed by atoms with Gasteiger partial charge in [0.15, 0.2) is 0 Å². The summed E-state index contributed by atoms with van der Waals surface area (Å²) in [6, 6.07) is 2.50. The van der Waals surface area contributed by atoms with Gasteiger partial charge in [0.05, 0.1) is 0 Å². The zero-order valence-corrected chi connectivity index (χ0v) is 15.0. The normalized spacial score (nSPS) is 34.0. The van der Waals surface area contributed by atoms with Crippen LogP contribution in [-0.2, 0) is 0 Å². The lowest BCUT2D eigenvalue weighted by Gasteiger charge is -2.47. The molecule has 3 aliphatic rings. The lowest BCUT2D eigenvalue weighted by Crippen LogP contribution is -2.58. The van der Waals surface area contributed by atoms with Gasteiger partial charge in [-0.05, 0) is 60.8 Å². The molecular formula is C18H35N3. The summed E-state index contributed by atoms with van der Waals surface area (Å²) in [4.78, 5) is 8.28. The van der Waals surface area contributed by atoms with Crippen LogP contribution in [0, 0.1) is 0 Å². The van der Waals surface area contributed by atoms with Crippen LogP contribution in [0.1, 0.15) is 60.8 Å². The monoisotopic (exact) mass is 293 g/mol. The maximum absolute atomic E-state index is 2.87. The summed E-state index contributed by atoms with van der Waals surface area (Å²) in [5.41, 5.74) is 0.694. The minimum Gasteiger partial charge on any atom is -0.298 e. The van der Waals surface area contributed by atoms with Crippen molar-refractivity contribution in [3.8, 4) is 0 Å². The number of hydrogen-bond donors (Lipinski definition) is 0. The Morgan fingerprint density at radius 2 is 1.33 bits per heavy atom. The molecule has 2 unspecified atom stereocenters. The third-order valence-electron chi connectivity index (χ3n) is 6.03. The first kappa shape index (κ1) is 15.8. The summed E-state index contributed by atoms with van der Waals surface area (Å²) < 4.78 is 0. The molecule has 3 aliphatic heterocycles. The number of piperidine rings is 1. The first-order chi connectivity index (χ1) is 9.66. The number of piperazine rings is 1. The number of hydrogen-bond acceptors (Lipinski definition) is 3. The fourth-order valence-corrected chi connectivity index (χ4v) is 4.83. The molecule has 0 spiro atoms. The highest BCUT2D eigenvalue weighted by Gasteiger charge is 2.48. The van der Waals surface area contributed by atoms with Crippen LogP contribution in [0.15, 0.2) is 0 Å². The maximum Gasteiger partial charge on any atom is 0.0244 e. The van der Waals surface area contributed by atoms with Gasteiger partial charge in [0, 0.05) is 55.4 Å². The molecule has 21 heavy (non-hydrogen) atoms. The summed E-state index contributed by atoms with van der Waals surface area (Å²) >= 11 is 0. The minimum atomic E-state index is 0.345. The molecular weight excluding hydrogens is 258 g/mol. The van der Waals surface area contributed by atoms with E-state index in [1.165, 1.54) is 45.4 Å². The van der Waals surface area contributed by atoms with Crippen molar-refractivity contribution in [2.45, 2.75) is 90.0 Å². The van der Waals surface area contributed by atoms with E-state index in [9.17, 15) is 0 Å². The Morgan fingerprint density at radius 1 is 0.714 bits per heavy atom. The van der Waals surface area contributed by atoms with Crippen LogP contribution >= 0.6 is 0 Å². The van der Waals surface area contributed by atoms with Crippen LogP contribution in [0.3, 0.4) is 0 Å². The SMILES string of the molecule is CC(C)(C)N1CCC(N2CC3CC2CN3C(C)(C)C)CC1. The zero-order chi connectivity index (χ0) is 15.4. The molecule has 2 atom stereocenters. The van der Waals surface area contributed by atoms with E-state index in [2.05, 4.69) is 56.2 Å². The third-order valence-corrected chi connectivity index (χ3v) is 6.03. The van der Waals surface area contributed by atoms with Gasteiger partial charge >= 0.3 is 0 Å². The molecule has 3 heteroatoms. The van der Waals surface area contributed by atoms with Gasteiger partial charge in [-0.15, -0.1) is 0 Å². The van der Waals surface area contributed by atoms with Crippen LogP contribution in [0.2, 0.25) is 0 Å². The van der Waals surface area contributed by atoms with Crippen molar-refractivity contribution in [2.75, 3.05) is 26.2 Å². The predicted molar refractivity (Wildman–Crippen MR) is 89.7 cm³/mol. The van der Waals surface area contributed by atoms with E-state index < -0.39 is 0 Å². The standard InChI is InChI=1S/C18H35N3/c1-17(2,3)19-9-7-14(8-10-19)20-12-16-11-15(20)13-21(16)18(4,5)6/h14-16H,7-13H2,1-6H3. The molecule has 0 aromatic carbocycles. The molecule has 0 aromatic heterocycles. The Kier molecular flexibility index (Phi) is 3.91. The lowest BCUT2D eigenvalue weighted by atomic mass is 9.96. The Labute approximate surface area is 131 Å². The molecule has 0 radical (unpaired) electrons. The molecule has 3 nitrogen and oxygen atoms in total. The van der Waals surface area contributed by atoms with E-state index in [0.717, 1.165) is 18.1 Å². The highest BCUT2D eigenvalue weighted by Crippen LogP contribution is 2.38. The van der Waals surface area contributed by atoms with E-state index in [4.69, 9.17) is 0 Å². The smallest absolute Gasteiger partial charge is 0.0244 e. The Balaban J connectivity index is 1.56. The van der Waals surface area contributed by atoms with Crippen LogP contribution in [0.5, 0.6) is 0 Å². The number of likely N-dealkylation sites (tertiary alicyclic amines) is 3. The molecule has 0 saturated carbocycles. The fraction of sp³-hybridized carbons (Fsp3) is 1.00. The van der Waals surface area contributed by atoms with Crippen molar-refractivity contribution in [2.24, 2.45) is 0 Å². The van der Waals surface area contributed by atoms with Crippen LogP contribution in [0.25, 0.3) is 0 Å². The minimum absolute atomic E-state index is 0.345. The van der Waals surface area contributed by atoms with E-state index in [0.29, 0.717) is 11.1 Å². The maximum atomic E-state index is 2.87. The molecule has 0 aromatic rings. The largest absolute Gasteiger partial charge is 0.298 e. The third kappa shape index (κ3) is 3.02. The molecule has 0 N–H and O–H groups in total. The molecule has 0 amide bonds. The summed E-state index contributed by atoms with van der Waals surface area (Å²) in [5.74, 6) is 0. The number of nitrogens with zero attached hydrogens (tertiary/aromatic N) is 3. The van der Waals surface area contributed by atoms with Gasteiger partial charge in [-0.3, -0.25) is 14.7 Å². The zero-order valence-electron chi connectivity index (χ0n) is 15.0. The lowest BCUT2D eigenvalue weighted by molar-refractivity contribution is 0.00787. The summed E-state index contributed by atoms with van der Waals surface area (Å²) in [6.07, 6.45) is 4.16. The van der Waals surface area contributed by atoms with Crippen LogP contribution in [0.4, 0.5) is 0 Å². The van der Waals surface area contributed by atoms with Crippen molar-refractivity contribution in [1.82, 2.24) is 14.7 Å². The summed E-state index contributed by atoms with van der Waals surface area (Å²) in [6.45, 7) is 19.4. The highest BCUT2D eigenvalue weighted by atomic mass is 15.4. The molecule has 3 rings (SSSR count). The van der Waals surface area contributed by atoms with Crippen molar-refractivity contribution < 1.29 is 0 Å². The first-order valence-electron chi connectivity index (χ1n) is 8.94. The van der Waals surface area contributed by atoms with Crippen molar-refractivity contribution in [3.05, 3.63) is 0 Å². The van der Waals surface area contributed by atoms with Gasteiger partial charge in [0.25, 0.3) is 0 Å². The quantitative estimate of drug-likeness (QED) is 0.736. The summed E-state index contributed by atoms with van der Waals surface area (Å²) in [5, 5.41) is 0. The van der Waals surface area contributed by atoms with E-state index in [1.54, 1.807) is 0 Å². The van der Waals surface area contributed by atoms with Crippen LogP contribution in [-0.4, -0.2) is 70.1 Å². The second kappa shape index (κ2) is 5.21. The Morgan fingerprint density at radius 3 is 1.76 bits per heavy atom. The van der Waals surface area contributed by atoms with Crippen molar-refractivity contribution in [1.29, 1.82) is 0 Å². The van der Waals surface area contributed by atoms with Gasteiger partial charge in [-0.25, -0.2) is 0 Å². The molecule has 2 bridgehead atoms. The van der Waals surface area contributed by atoms with E-state index in [-0.39, 0.29) is 0 Å². The molecule has 3 fully saturated rings. The van der Waals surface area contributed by atoms with Gasteiger partial charge in [-0.1, -0.05) is 0 Å². The molecule has 0 aliphatic carbocycles. The van der Waals surface area contributed by atoms with Gasteiger partial charge in [0.2, 0.25) is 0 Å². The second-order valence-electron chi connectivity index (χ2n) is 9.45. The topological polar surface area (TPSA) is 9.72 Å². The fourth-order valence-electron chi connectivity index (χ4n) is 4.83. The predicted octanol–water partition coefficient (Wildman–Crippen LogP) is 2.81. The number of fused-ring (bicyclic) bond motifs is 2. The number of rotatable bonds is 1. The van der Waals surface area contributed by atoms with Crippen molar-refractivity contribution >= 4 is 0 Å². The first-order valence-corrected chi connectivity index (χ1v) is 8.94. The molecule has 122 valence electrons. The Hall–Kier alpha value is -0.120. The highest BCUT2D eigenvalue weighted by molar-refractivity contribution is 5.05. The van der Waals surface area contributed by atoms with Gasteiger partial charge in [0.1, 0.15) is 0 Å².